The predicted octanol–water partition coefficient (Wildman–Crippen LogP) is 3.06. The van der Waals surface area contributed by atoms with E-state index in [1.165, 1.54) is 11.3 Å². The third kappa shape index (κ3) is 3.56. The Morgan fingerprint density at radius 1 is 1.14 bits per heavy atom. The molecule has 2 aliphatic rings. The number of likely N-dealkylation sites (tertiary alicyclic amines) is 1. The lowest BCUT2D eigenvalue weighted by Gasteiger charge is -2.19. The van der Waals surface area contributed by atoms with Crippen LogP contribution in [0, 0.1) is 0 Å². The van der Waals surface area contributed by atoms with Crippen LogP contribution in [0.1, 0.15) is 46.1 Å². The van der Waals surface area contributed by atoms with Crippen LogP contribution in [0.5, 0.6) is 11.5 Å². The van der Waals surface area contributed by atoms with E-state index in [9.17, 15) is 9.59 Å². The Bertz CT molecular complexity index is 883. The molecular weight excluding hydrogens is 378 g/mol. The summed E-state index contributed by atoms with van der Waals surface area (Å²) in [4.78, 5) is 33.1. The van der Waals surface area contributed by atoms with Crippen molar-refractivity contribution in [3.8, 4) is 11.5 Å². The number of fused-ring (bicyclic) bond motifs is 1. The van der Waals surface area contributed by atoms with E-state index in [2.05, 4.69) is 10.3 Å². The quantitative estimate of drug-likeness (QED) is 0.833. The Labute approximate surface area is 167 Å². The van der Waals surface area contributed by atoms with Crippen molar-refractivity contribution in [3.05, 3.63) is 34.3 Å². The topological polar surface area (TPSA) is 80.8 Å². The molecule has 0 radical (unpaired) electrons. The van der Waals surface area contributed by atoms with Crippen LogP contribution in [0.3, 0.4) is 0 Å². The van der Waals surface area contributed by atoms with Gasteiger partial charge in [-0.2, -0.15) is 0 Å². The van der Waals surface area contributed by atoms with Crippen LogP contribution in [0.15, 0.2) is 18.2 Å². The van der Waals surface area contributed by atoms with E-state index in [1.54, 1.807) is 32.4 Å². The number of carbonyl (C=O) groups is 2. The largest absolute Gasteiger partial charge is 0.497 e. The second-order valence-corrected chi connectivity index (χ2v) is 8.09. The van der Waals surface area contributed by atoms with E-state index in [4.69, 9.17) is 9.47 Å². The first-order valence-corrected chi connectivity index (χ1v) is 10.2. The minimum absolute atomic E-state index is 0.174. The minimum atomic E-state index is -0.285. The zero-order valence-corrected chi connectivity index (χ0v) is 16.8. The number of carbonyl (C=O) groups excluding carboxylic acids is 2. The molecular formula is C20H23N3O4S. The maximum absolute atomic E-state index is 12.8. The van der Waals surface area contributed by atoms with Gasteiger partial charge in [-0.05, 0) is 37.8 Å². The molecule has 1 saturated heterocycles. The first-order valence-electron chi connectivity index (χ1n) is 9.42. The molecule has 1 fully saturated rings. The summed E-state index contributed by atoms with van der Waals surface area (Å²) in [5.74, 6) is 0.806. The molecule has 1 aromatic carbocycles. The SMILES string of the molecule is COc1cc(OC)cc(C(=O)Nc2nc3c(s2)CCC3C(=O)N2CCCC2)c1. The fraction of sp³-hybridized carbons (Fsp3) is 0.450. The summed E-state index contributed by atoms with van der Waals surface area (Å²) >= 11 is 1.45. The van der Waals surface area contributed by atoms with Gasteiger partial charge in [-0.1, -0.05) is 0 Å². The maximum Gasteiger partial charge on any atom is 0.257 e. The molecule has 0 saturated carbocycles. The summed E-state index contributed by atoms with van der Waals surface area (Å²) < 4.78 is 10.4. The summed E-state index contributed by atoms with van der Waals surface area (Å²) in [6.45, 7) is 1.69. The molecule has 0 spiro atoms. The zero-order chi connectivity index (χ0) is 19.7. The molecule has 1 aliphatic heterocycles. The Morgan fingerprint density at radius 2 is 1.82 bits per heavy atom. The number of hydrogen-bond donors (Lipinski definition) is 1. The van der Waals surface area contributed by atoms with Crippen molar-refractivity contribution in [2.24, 2.45) is 0 Å². The molecule has 4 rings (SSSR count). The van der Waals surface area contributed by atoms with Crippen LogP contribution in [0.25, 0.3) is 0 Å². The van der Waals surface area contributed by atoms with Crippen molar-refractivity contribution >= 4 is 28.3 Å². The highest BCUT2D eigenvalue weighted by molar-refractivity contribution is 7.16. The molecule has 8 heteroatoms. The summed E-state index contributed by atoms with van der Waals surface area (Å²) in [5.41, 5.74) is 1.26. The van der Waals surface area contributed by atoms with Crippen molar-refractivity contribution in [1.29, 1.82) is 0 Å². The number of aryl methyl sites for hydroxylation is 1. The summed E-state index contributed by atoms with van der Waals surface area (Å²) in [6.07, 6.45) is 3.80. The van der Waals surface area contributed by atoms with Gasteiger partial charge in [0.2, 0.25) is 5.91 Å². The van der Waals surface area contributed by atoms with E-state index in [-0.39, 0.29) is 17.7 Å². The first-order chi connectivity index (χ1) is 13.6. The molecule has 148 valence electrons. The number of amides is 2. The molecule has 1 N–H and O–H groups in total. The number of thiazole rings is 1. The second kappa shape index (κ2) is 7.79. The predicted molar refractivity (Wildman–Crippen MR) is 106 cm³/mol. The third-order valence-corrected chi connectivity index (χ3v) is 6.31. The third-order valence-electron chi connectivity index (χ3n) is 5.27. The highest BCUT2D eigenvalue weighted by atomic mass is 32.1. The van der Waals surface area contributed by atoms with Gasteiger partial charge in [0.15, 0.2) is 5.13 Å². The number of rotatable bonds is 5. The number of methoxy groups -OCH3 is 2. The summed E-state index contributed by atoms with van der Waals surface area (Å²) in [6, 6.07) is 5.01. The monoisotopic (exact) mass is 401 g/mol. The first kappa shape index (κ1) is 18.7. The van der Waals surface area contributed by atoms with Gasteiger partial charge in [0, 0.05) is 29.6 Å². The summed E-state index contributed by atoms with van der Waals surface area (Å²) in [7, 11) is 3.08. The van der Waals surface area contributed by atoms with Crippen molar-refractivity contribution in [3.63, 3.8) is 0 Å². The Kier molecular flexibility index (Phi) is 5.21. The van der Waals surface area contributed by atoms with Gasteiger partial charge in [0.25, 0.3) is 5.91 Å². The lowest BCUT2D eigenvalue weighted by molar-refractivity contribution is -0.131. The number of nitrogens with one attached hydrogen (secondary N) is 1. The normalized spacial score (nSPS) is 18.1. The number of anilines is 1. The van der Waals surface area contributed by atoms with Crippen LogP contribution in [0.4, 0.5) is 5.13 Å². The molecule has 1 aromatic heterocycles. The van der Waals surface area contributed by atoms with Gasteiger partial charge in [0.1, 0.15) is 11.5 Å². The highest BCUT2D eigenvalue weighted by Crippen LogP contribution is 2.40. The smallest absolute Gasteiger partial charge is 0.257 e. The standard InChI is InChI=1S/C20H23N3O4S/c1-26-13-9-12(10-14(11-13)27-2)18(24)22-20-21-17-15(5-6-16(17)28-20)19(25)23-7-3-4-8-23/h9-11,15H,3-8H2,1-2H3,(H,21,22,24). The average molecular weight is 401 g/mol. The number of ether oxygens (including phenoxy) is 2. The molecule has 1 aliphatic carbocycles. The van der Waals surface area contributed by atoms with E-state index in [0.717, 1.165) is 49.3 Å². The molecule has 0 bridgehead atoms. The van der Waals surface area contributed by atoms with Gasteiger partial charge in [-0.3, -0.25) is 14.9 Å². The van der Waals surface area contributed by atoms with Gasteiger partial charge < -0.3 is 14.4 Å². The van der Waals surface area contributed by atoms with Crippen LogP contribution >= 0.6 is 11.3 Å². The number of aromatic nitrogens is 1. The van der Waals surface area contributed by atoms with E-state index < -0.39 is 0 Å². The highest BCUT2D eigenvalue weighted by Gasteiger charge is 2.36. The van der Waals surface area contributed by atoms with Crippen molar-refractivity contribution < 1.29 is 19.1 Å². The molecule has 7 nitrogen and oxygen atoms in total. The number of hydrogen-bond acceptors (Lipinski definition) is 6. The van der Waals surface area contributed by atoms with Crippen molar-refractivity contribution in [2.75, 3.05) is 32.6 Å². The minimum Gasteiger partial charge on any atom is -0.497 e. The Balaban J connectivity index is 1.50. The van der Waals surface area contributed by atoms with Crippen LogP contribution in [-0.4, -0.2) is 49.0 Å². The molecule has 28 heavy (non-hydrogen) atoms. The molecule has 2 heterocycles. The number of benzene rings is 1. The zero-order valence-electron chi connectivity index (χ0n) is 16.0. The van der Waals surface area contributed by atoms with Crippen LogP contribution < -0.4 is 14.8 Å². The fourth-order valence-electron chi connectivity index (χ4n) is 3.79. The lowest BCUT2D eigenvalue weighted by atomic mass is 10.1. The van der Waals surface area contributed by atoms with Crippen molar-refractivity contribution in [1.82, 2.24) is 9.88 Å². The Morgan fingerprint density at radius 3 is 2.46 bits per heavy atom. The second-order valence-electron chi connectivity index (χ2n) is 7.01. The van der Waals surface area contributed by atoms with Gasteiger partial charge in [0.05, 0.1) is 25.8 Å². The van der Waals surface area contributed by atoms with Gasteiger partial charge in [-0.25, -0.2) is 4.98 Å². The fourth-order valence-corrected chi connectivity index (χ4v) is 4.82. The van der Waals surface area contributed by atoms with Crippen LogP contribution in [0.2, 0.25) is 0 Å². The van der Waals surface area contributed by atoms with Gasteiger partial charge in [-0.15, -0.1) is 11.3 Å². The van der Waals surface area contributed by atoms with E-state index in [0.29, 0.717) is 22.2 Å². The molecule has 2 aromatic rings. The van der Waals surface area contributed by atoms with Crippen molar-refractivity contribution in [2.45, 2.75) is 31.6 Å². The number of nitrogens with zero attached hydrogens (tertiary/aromatic N) is 2. The Hall–Kier alpha value is -2.61. The van der Waals surface area contributed by atoms with E-state index in [1.807, 2.05) is 4.90 Å². The average Bonchev–Trinajstić information content (AvgIpc) is 3.44. The summed E-state index contributed by atoms with van der Waals surface area (Å²) in [5, 5.41) is 3.38. The van der Waals surface area contributed by atoms with E-state index >= 15 is 0 Å². The lowest BCUT2D eigenvalue weighted by Crippen LogP contribution is -2.32. The maximum atomic E-state index is 12.8. The molecule has 1 atom stereocenters. The van der Waals surface area contributed by atoms with Gasteiger partial charge >= 0.3 is 0 Å². The molecule has 1 unspecified atom stereocenters. The molecule has 2 amide bonds. The van der Waals surface area contributed by atoms with Crippen LogP contribution in [-0.2, 0) is 11.2 Å².